The fraction of sp³-hybridized carbons (Fsp3) is 0.412. The third-order valence-electron chi connectivity index (χ3n) is 4.46. The molecule has 1 aromatic carbocycles. The summed E-state index contributed by atoms with van der Waals surface area (Å²) in [5.74, 6) is 0.245. The zero-order chi connectivity index (χ0) is 16.9. The van der Waals surface area contributed by atoms with Crippen molar-refractivity contribution in [2.45, 2.75) is 31.8 Å². The number of aromatic nitrogens is 2. The molecule has 24 heavy (non-hydrogen) atoms. The van der Waals surface area contributed by atoms with Gasteiger partial charge in [0.15, 0.2) is 0 Å². The molecule has 7 heteroatoms. The minimum Gasteiger partial charge on any atom is -0.356 e. The summed E-state index contributed by atoms with van der Waals surface area (Å²) in [4.78, 5) is 19.3. The lowest BCUT2D eigenvalue weighted by atomic mass is 9.87. The monoisotopic (exact) mass is 347 g/mol. The molecular formula is C17H22ClN5O. The van der Waals surface area contributed by atoms with E-state index in [2.05, 4.69) is 33.1 Å². The van der Waals surface area contributed by atoms with Crippen molar-refractivity contribution in [3.63, 3.8) is 0 Å². The lowest BCUT2D eigenvalue weighted by molar-refractivity contribution is -0.122. The predicted molar refractivity (Wildman–Crippen MR) is 93.3 cm³/mol. The topological polar surface area (TPSA) is 81.8 Å². The lowest BCUT2D eigenvalue weighted by Crippen LogP contribution is -2.32. The predicted octanol–water partition coefficient (Wildman–Crippen LogP) is 1.97. The van der Waals surface area contributed by atoms with E-state index >= 15 is 0 Å². The number of nitrogens with zero attached hydrogens (tertiary/aromatic N) is 1. The summed E-state index contributed by atoms with van der Waals surface area (Å²) >= 11 is 5.96. The van der Waals surface area contributed by atoms with Crippen molar-refractivity contribution in [2.75, 3.05) is 6.54 Å². The Kier molecular flexibility index (Phi) is 5.50. The van der Waals surface area contributed by atoms with Gasteiger partial charge in [0.05, 0.1) is 12.4 Å². The zero-order valence-electron chi connectivity index (χ0n) is 13.6. The molecule has 3 rings (SSSR count). The normalized spacial score (nSPS) is 23.3. The third-order valence-corrected chi connectivity index (χ3v) is 4.71. The standard InChI is InChI=1S/C17H22ClN5O/c1-11-15(8-16(24)20-7-6-14-9-19-10-21-14)17(23-22-11)12-2-4-13(18)5-3-12/h2-5,9-11,15,17,22-23H,6-8H2,1H3,(H,19,21)(H,20,24). The molecule has 0 saturated carbocycles. The molecule has 0 spiro atoms. The quantitative estimate of drug-likeness (QED) is 0.644. The summed E-state index contributed by atoms with van der Waals surface area (Å²) in [6, 6.07) is 8.07. The molecule has 1 amide bonds. The van der Waals surface area contributed by atoms with Crippen LogP contribution in [-0.2, 0) is 11.2 Å². The molecule has 1 fully saturated rings. The molecule has 3 atom stereocenters. The van der Waals surface area contributed by atoms with Gasteiger partial charge in [0.25, 0.3) is 0 Å². The Balaban J connectivity index is 1.55. The molecule has 4 N–H and O–H groups in total. The van der Waals surface area contributed by atoms with E-state index in [-0.39, 0.29) is 23.9 Å². The van der Waals surface area contributed by atoms with Crippen LogP contribution >= 0.6 is 11.6 Å². The molecule has 6 nitrogen and oxygen atoms in total. The van der Waals surface area contributed by atoms with E-state index in [1.165, 1.54) is 0 Å². The highest BCUT2D eigenvalue weighted by atomic mass is 35.5. The molecule has 0 bridgehead atoms. The first-order chi connectivity index (χ1) is 11.6. The minimum absolute atomic E-state index is 0.0656. The zero-order valence-corrected chi connectivity index (χ0v) is 14.3. The summed E-state index contributed by atoms with van der Waals surface area (Å²) in [6.45, 7) is 2.69. The maximum atomic E-state index is 12.3. The number of amides is 1. The van der Waals surface area contributed by atoms with Gasteiger partial charge in [-0.3, -0.25) is 10.2 Å². The van der Waals surface area contributed by atoms with Crippen LogP contribution in [0.1, 0.15) is 30.6 Å². The summed E-state index contributed by atoms with van der Waals surface area (Å²) in [7, 11) is 0. The Morgan fingerprint density at radius 2 is 2.08 bits per heavy atom. The number of hydrazine groups is 1. The highest BCUT2D eigenvalue weighted by Crippen LogP contribution is 2.31. The number of hydrogen-bond donors (Lipinski definition) is 4. The summed E-state index contributed by atoms with van der Waals surface area (Å²) in [5.41, 5.74) is 8.68. The number of benzene rings is 1. The SMILES string of the molecule is CC1NNC(c2ccc(Cl)cc2)C1CC(=O)NCCc1cnc[nH]1. The average molecular weight is 348 g/mol. The maximum absolute atomic E-state index is 12.3. The molecule has 0 aliphatic carbocycles. The minimum atomic E-state index is 0.0656. The van der Waals surface area contributed by atoms with Crippen LogP contribution in [0.15, 0.2) is 36.8 Å². The highest BCUT2D eigenvalue weighted by molar-refractivity contribution is 6.30. The summed E-state index contributed by atoms with van der Waals surface area (Å²) < 4.78 is 0. The molecule has 3 unspecified atom stereocenters. The Bertz CT molecular complexity index is 658. The number of halogens is 1. The van der Waals surface area contributed by atoms with E-state index in [1.54, 1.807) is 12.5 Å². The fourth-order valence-corrected chi connectivity index (χ4v) is 3.19. The van der Waals surface area contributed by atoms with E-state index in [9.17, 15) is 4.79 Å². The van der Waals surface area contributed by atoms with Gasteiger partial charge in [-0.05, 0) is 24.6 Å². The molecule has 1 aliphatic rings. The van der Waals surface area contributed by atoms with Gasteiger partial charge in [-0.2, -0.15) is 0 Å². The van der Waals surface area contributed by atoms with Gasteiger partial charge in [-0.25, -0.2) is 10.4 Å². The first kappa shape index (κ1) is 17.0. The second kappa shape index (κ2) is 7.79. The van der Waals surface area contributed by atoms with Crippen LogP contribution in [0.4, 0.5) is 0 Å². The van der Waals surface area contributed by atoms with Crippen molar-refractivity contribution in [3.05, 3.63) is 53.1 Å². The number of imidazole rings is 1. The van der Waals surface area contributed by atoms with Crippen LogP contribution in [0.5, 0.6) is 0 Å². The van der Waals surface area contributed by atoms with Gasteiger partial charge >= 0.3 is 0 Å². The van der Waals surface area contributed by atoms with Crippen molar-refractivity contribution in [3.8, 4) is 0 Å². The van der Waals surface area contributed by atoms with Gasteiger partial charge in [0.2, 0.25) is 5.91 Å². The second-order valence-corrected chi connectivity index (χ2v) is 6.59. The van der Waals surface area contributed by atoms with Gasteiger partial charge in [0.1, 0.15) is 0 Å². The van der Waals surface area contributed by atoms with E-state index in [1.807, 2.05) is 24.3 Å². The first-order valence-corrected chi connectivity index (χ1v) is 8.52. The summed E-state index contributed by atoms with van der Waals surface area (Å²) in [6.07, 6.45) is 4.64. The molecule has 0 radical (unpaired) electrons. The molecular weight excluding hydrogens is 326 g/mol. The maximum Gasteiger partial charge on any atom is 0.220 e. The van der Waals surface area contributed by atoms with Crippen molar-refractivity contribution in [1.29, 1.82) is 0 Å². The third kappa shape index (κ3) is 4.14. The smallest absolute Gasteiger partial charge is 0.220 e. The molecule has 1 aliphatic heterocycles. The van der Waals surface area contributed by atoms with Crippen LogP contribution in [0.2, 0.25) is 5.02 Å². The van der Waals surface area contributed by atoms with Gasteiger partial charge < -0.3 is 10.3 Å². The lowest BCUT2D eigenvalue weighted by Gasteiger charge is -2.21. The molecule has 1 aromatic heterocycles. The van der Waals surface area contributed by atoms with E-state index < -0.39 is 0 Å². The van der Waals surface area contributed by atoms with Crippen LogP contribution in [-0.4, -0.2) is 28.5 Å². The Labute approximate surface area is 146 Å². The number of H-pyrrole nitrogens is 1. The van der Waals surface area contributed by atoms with Crippen LogP contribution in [0, 0.1) is 5.92 Å². The van der Waals surface area contributed by atoms with Crippen LogP contribution < -0.4 is 16.2 Å². The number of carbonyl (C=O) groups excluding carboxylic acids is 1. The average Bonchev–Trinajstić information content (AvgIpc) is 3.20. The number of rotatable bonds is 6. The number of aromatic amines is 1. The number of nitrogens with one attached hydrogen (secondary N) is 4. The second-order valence-electron chi connectivity index (χ2n) is 6.15. The van der Waals surface area contributed by atoms with E-state index in [4.69, 9.17) is 11.6 Å². The number of carbonyl (C=O) groups is 1. The summed E-state index contributed by atoms with van der Waals surface area (Å²) in [5, 5.41) is 3.70. The molecule has 128 valence electrons. The van der Waals surface area contributed by atoms with Gasteiger partial charge in [0, 0.05) is 48.3 Å². The Morgan fingerprint density at radius 1 is 1.29 bits per heavy atom. The highest BCUT2D eigenvalue weighted by Gasteiger charge is 2.35. The Hall–Kier alpha value is -1.89. The van der Waals surface area contributed by atoms with Crippen LogP contribution in [0.25, 0.3) is 0 Å². The molecule has 2 heterocycles. The molecule has 1 saturated heterocycles. The molecule has 2 aromatic rings. The van der Waals surface area contributed by atoms with E-state index in [0.29, 0.717) is 18.0 Å². The fourth-order valence-electron chi connectivity index (χ4n) is 3.06. The Morgan fingerprint density at radius 3 is 2.79 bits per heavy atom. The van der Waals surface area contributed by atoms with Crippen molar-refractivity contribution < 1.29 is 4.79 Å². The van der Waals surface area contributed by atoms with Crippen LogP contribution in [0.3, 0.4) is 0 Å². The first-order valence-electron chi connectivity index (χ1n) is 8.14. The van der Waals surface area contributed by atoms with Crippen molar-refractivity contribution in [1.82, 2.24) is 26.1 Å². The van der Waals surface area contributed by atoms with E-state index in [0.717, 1.165) is 17.7 Å². The largest absolute Gasteiger partial charge is 0.356 e. The number of hydrogen-bond acceptors (Lipinski definition) is 4. The van der Waals surface area contributed by atoms with Gasteiger partial charge in [-0.15, -0.1) is 0 Å². The van der Waals surface area contributed by atoms with Crippen molar-refractivity contribution in [2.24, 2.45) is 5.92 Å². The van der Waals surface area contributed by atoms with Gasteiger partial charge in [-0.1, -0.05) is 23.7 Å². The van der Waals surface area contributed by atoms with Crippen molar-refractivity contribution >= 4 is 17.5 Å².